The molecule has 1 saturated heterocycles. The molecule has 1 aromatic rings. The standard InChI is InChI=1S/C13H17ClN2O/c1-13(6-7-16(2)9-13)12(17)15-11-5-3-4-10(14)8-11/h3-5,8H,6-7,9H2,1-2H3,(H,15,17). The molecule has 2 rings (SSSR count). The minimum absolute atomic E-state index is 0.0733. The van der Waals surface area contributed by atoms with Crippen LogP contribution >= 0.6 is 11.6 Å². The minimum Gasteiger partial charge on any atom is -0.326 e. The first-order valence-corrected chi connectivity index (χ1v) is 6.13. The first-order valence-electron chi connectivity index (χ1n) is 5.75. The van der Waals surface area contributed by atoms with Gasteiger partial charge in [-0.15, -0.1) is 0 Å². The second-order valence-electron chi connectivity index (χ2n) is 5.01. The number of hydrogen-bond donors (Lipinski definition) is 1. The van der Waals surface area contributed by atoms with Crippen LogP contribution in [0.3, 0.4) is 0 Å². The van der Waals surface area contributed by atoms with Crippen molar-refractivity contribution < 1.29 is 4.79 Å². The van der Waals surface area contributed by atoms with E-state index in [1.54, 1.807) is 12.1 Å². The van der Waals surface area contributed by atoms with E-state index >= 15 is 0 Å². The van der Waals surface area contributed by atoms with Gasteiger partial charge >= 0.3 is 0 Å². The van der Waals surface area contributed by atoms with E-state index in [2.05, 4.69) is 10.2 Å². The molecule has 1 atom stereocenters. The summed E-state index contributed by atoms with van der Waals surface area (Å²) in [4.78, 5) is 14.4. The Morgan fingerprint density at radius 3 is 2.88 bits per heavy atom. The first-order chi connectivity index (χ1) is 7.99. The molecule has 0 saturated carbocycles. The van der Waals surface area contributed by atoms with Crippen molar-refractivity contribution in [3.05, 3.63) is 29.3 Å². The molecule has 1 fully saturated rings. The van der Waals surface area contributed by atoms with Crippen molar-refractivity contribution in [2.45, 2.75) is 13.3 Å². The normalized spacial score (nSPS) is 24.9. The van der Waals surface area contributed by atoms with Crippen LogP contribution < -0.4 is 5.32 Å². The number of benzene rings is 1. The summed E-state index contributed by atoms with van der Waals surface area (Å²) in [5, 5.41) is 3.57. The molecule has 3 nitrogen and oxygen atoms in total. The van der Waals surface area contributed by atoms with E-state index in [1.165, 1.54) is 0 Å². The van der Waals surface area contributed by atoms with Crippen LogP contribution in [0.2, 0.25) is 5.02 Å². The fraction of sp³-hybridized carbons (Fsp3) is 0.462. The molecule has 4 heteroatoms. The highest BCUT2D eigenvalue weighted by Gasteiger charge is 2.38. The number of halogens is 1. The molecule has 1 aromatic carbocycles. The molecule has 0 radical (unpaired) electrons. The zero-order valence-corrected chi connectivity index (χ0v) is 10.9. The van der Waals surface area contributed by atoms with Crippen molar-refractivity contribution in [1.29, 1.82) is 0 Å². The van der Waals surface area contributed by atoms with Gasteiger partial charge in [0.05, 0.1) is 5.41 Å². The second kappa shape index (κ2) is 4.67. The van der Waals surface area contributed by atoms with Gasteiger partial charge in [-0.05, 0) is 45.1 Å². The highest BCUT2D eigenvalue weighted by atomic mass is 35.5. The van der Waals surface area contributed by atoms with E-state index in [0.29, 0.717) is 5.02 Å². The molecular weight excluding hydrogens is 236 g/mol. The molecule has 0 spiro atoms. The molecule has 0 aliphatic carbocycles. The zero-order valence-electron chi connectivity index (χ0n) is 10.2. The van der Waals surface area contributed by atoms with Crippen molar-refractivity contribution in [3.63, 3.8) is 0 Å². The van der Waals surface area contributed by atoms with E-state index in [0.717, 1.165) is 25.2 Å². The number of rotatable bonds is 2. The Balaban J connectivity index is 2.07. The van der Waals surface area contributed by atoms with Crippen LogP contribution in [0.1, 0.15) is 13.3 Å². The largest absolute Gasteiger partial charge is 0.326 e. The van der Waals surface area contributed by atoms with Crippen LogP contribution in [0.5, 0.6) is 0 Å². The third-order valence-electron chi connectivity index (χ3n) is 3.29. The van der Waals surface area contributed by atoms with Gasteiger partial charge in [0, 0.05) is 17.3 Å². The maximum absolute atomic E-state index is 12.2. The monoisotopic (exact) mass is 252 g/mol. The fourth-order valence-corrected chi connectivity index (χ4v) is 2.42. The predicted molar refractivity (Wildman–Crippen MR) is 70.3 cm³/mol. The molecule has 92 valence electrons. The fourth-order valence-electron chi connectivity index (χ4n) is 2.23. The lowest BCUT2D eigenvalue weighted by Gasteiger charge is -2.22. The molecule has 1 N–H and O–H groups in total. The van der Waals surface area contributed by atoms with Crippen molar-refractivity contribution >= 4 is 23.2 Å². The maximum Gasteiger partial charge on any atom is 0.231 e. The van der Waals surface area contributed by atoms with Crippen molar-refractivity contribution in [3.8, 4) is 0 Å². The van der Waals surface area contributed by atoms with E-state index in [9.17, 15) is 4.79 Å². The van der Waals surface area contributed by atoms with Gasteiger partial charge in [0.1, 0.15) is 0 Å². The molecule has 17 heavy (non-hydrogen) atoms. The number of anilines is 1. The predicted octanol–water partition coefficient (Wildman–Crippen LogP) is 2.62. The van der Waals surface area contributed by atoms with Crippen LogP contribution in [0, 0.1) is 5.41 Å². The number of likely N-dealkylation sites (tertiary alicyclic amines) is 1. The van der Waals surface area contributed by atoms with Gasteiger partial charge in [-0.3, -0.25) is 4.79 Å². The summed E-state index contributed by atoms with van der Waals surface area (Å²) >= 11 is 5.89. The molecule has 1 amide bonds. The SMILES string of the molecule is CN1CCC(C)(C(=O)Nc2cccc(Cl)c2)C1. The summed E-state index contributed by atoms with van der Waals surface area (Å²) < 4.78 is 0. The van der Waals surface area contributed by atoms with Gasteiger partial charge in [-0.2, -0.15) is 0 Å². The van der Waals surface area contributed by atoms with Gasteiger partial charge < -0.3 is 10.2 Å². The number of nitrogens with one attached hydrogen (secondary N) is 1. The molecule has 0 bridgehead atoms. The minimum atomic E-state index is -0.295. The highest BCUT2D eigenvalue weighted by Crippen LogP contribution is 2.30. The van der Waals surface area contributed by atoms with Gasteiger partial charge in [0.25, 0.3) is 0 Å². The number of nitrogens with zero attached hydrogens (tertiary/aromatic N) is 1. The van der Waals surface area contributed by atoms with Crippen LogP contribution in [0.15, 0.2) is 24.3 Å². The molecule has 1 heterocycles. The number of hydrogen-bond acceptors (Lipinski definition) is 2. The Bertz CT molecular complexity index is 435. The van der Waals surface area contributed by atoms with E-state index in [4.69, 9.17) is 11.6 Å². The molecular formula is C13H17ClN2O. The first kappa shape index (κ1) is 12.4. The molecule has 0 aromatic heterocycles. The van der Waals surface area contributed by atoms with Crippen LogP contribution in [-0.2, 0) is 4.79 Å². The Morgan fingerprint density at radius 1 is 1.53 bits per heavy atom. The van der Waals surface area contributed by atoms with Gasteiger partial charge in [-0.25, -0.2) is 0 Å². The lowest BCUT2D eigenvalue weighted by Crippen LogP contribution is -2.35. The number of carbonyl (C=O) groups is 1. The van der Waals surface area contributed by atoms with E-state index < -0.39 is 0 Å². The summed E-state index contributed by atoms with van der Waals surface area (Å²) in [6.45, 7) is 3.79. The van der Waals surface area contributed by atoms with E-state index in [1.807, 2.05) is 26.1 Å². The summed E-state index contributed by atoms with van der Waals surface area (Å²) in [6.07, 6.45) is 0.899. The third-order valence-corrected chi connectivity index (χ3v) is 3.53. The quantitative estimate of drug-likeness (QED) is 0.878. The van der Waals surface area contributed by atoms with Gasteiger partial charge in [0.15, 0.2) is 0 Å². The lowest BCUT2D eigenvalue weighted by molar-refractivity contribution is -0.124. The van der Waals surface area contributed by atoms with E-state index in [-0.39, 0.29) is 11.3 Å². The van der Waals surface area contributed by atoms with Crippen molar-refractivity contribution in [1.82, 2.24) is 4.90 Å². The molecule has 1 aliphatic heterocycles. The van der Waals surface area contributed by atoms with Crippen molar-refractivity contribution in [2.75, 3.05) is 25.5 Å². The van der Waals surface area contributed by atoms with Gasteiger partial charge in [-0.1, -0.05) is 17.7 Å². The summed E-state index contributed by atoms with van der Waals surface area (Å²) in [6, 6.07) is 7.25. The van der Waals surface area contributed by atoms with Crippen molar-refractivity contribution in [2.24, 2.45) is 5.41 Å². The Kier molecular flexibility index (Phi) is 3.40. The number of carbonyl (C=O) groups excluding carboxylic acids is 1. The summed E-state index contributed by atoms with van der Waals surface area (Å²) in [5.41, 5.74) is 0.468. The topological polar surface area (TPSA) is 32.3 Å². The zero-order chi connectivity index (χ0) is 12.5. The Morgan fingerprint density at radius 2 is 2.29 bits per heavy atom. The van der Waals surface area contributed by atoms with Crippen LogP contribution in [0.4, 0.5) is 5.69 Å². The average molecular weight is 253 g/mol. The molecule has 1 aliphatic rings. The summed E-state index contributed by atoms with van der Waals surface area (Å²) in [7, 11) is 2.04. The average Bonchev–Trinajstić information content (AvgIpc) is 2.60. The van der Waals surface area contributed by atoms with Gasteiger partial charge in [0.2, 0.25) is 5.91 Å². The second-order valence-corrected chi connectivity index (χ2v) is 5.45. The number of amides is 1. The van der Waals surface area contributed by atoms with Crippen LogP contribution in [0.25, 0.3) is 0 Å². The highest BCUT2D eigenvalue weighted by molar-refractivity contribution is 6.30. The Labute approximate surface area is 107 Å². The van der Waals surface area contributed by atoms with Crippen LogP contribution in [-0.4, -0.2) is 30.9 Å². The lowest BCUT2D eigenvalue weighted by atomic mass is 9.88. The smallest absolute Gasteiger partial charge is 0.231 e. The maximum atomic E-state index is 12.2. The third kappa shape index (κ3) is 2.79. The Hall–Kier alpha value is -1.06. The summed E-state index contributed by atoms with van der Waals surface area (Å²) in [5.74, 6) is 0.0733. The molecule has 1 unspecified atom stereocenters.